The Balaban J connectivity index is 2.30. The maximum Gasteiger partial charge on any atom is 0.309 e. The van der Waals surface area contributed by atoms with Gasteiger partial charge in [-0.3, -0.25) is 4.79 Å². The van der Waals surface area contributed by atoms with Crippen LogP contribution < -0.4 is 0 Å². The Labute approximate surface area is 139 Å². The Kier molecular flexibility index (Phi) is 5.75. The molecule has 116 valence electrons. The fourth-order valence-corrected chi connectivity index (χ4v) is 2.68. The van der Waals surface area contributed by atoms with Gasteiger partial charge in [-0.2, -0.15) is 0 Å². The SMILES string of the molecule is CCOC(=O)CC(O)(Cc1ccccc1)c1ccc(Br)cc1. The molecule has 22 heavy (non-hydrogen) atoms. The number of rotatable bonds is 6. The third-order valence-electron chi connectivity index (χ3n) is 3.46. The van der Waals surface area contributed by atoms with Crippen LogP contribution in [0.25, 0.3) is 0 Å². The number of hydrogen-bond donors (Lipinski definition) is 1. The van der Waals surface area contributed by atoms with Crippen molar-refractivity contribution < 1.29 is 14.6 Å². The summed E-state index contributed by atoms with van der Waals surface area (Å²) in [5, 5.41) is 11.1. The smallest absolute Gasteiger partial charge is 0.309 e. The lowest BCUT2D eigenvalue weighted by Crippen LogP contribution is -2.32. The highest BCUT2D eigenvalue weighted by Crippen LogP contribution is 2.31. The molecule has 0 spiro atoms. The molecule has 0 saturated heterocycles. The van der Waals surface area contributed by atoms with Crippen molar-refractivity contribution in [3.63, 3.8) is 0 Å². The fourth-order valence-electron chi connectivity index (χ4n) is 2.41. The summed E-state index contributed by atoms with van der Waals surface area (Å²) in [6.45, 7) is 2.06. The Morgan fingerprint density at radius 3 is 2.36 bits per heavy atom. The summed E-state index contributed by atoms with van der Waals surface area (Å²) in [7, 11) is 0. The predicted octanol–water partition coefficient (Wildman–Crippen LogP) is 3.83. The minimum Gasteiger partial charge on any atom is -0.466 e. The third kappa shape index (κ3) is 4.42. The van der Waals surface area contributed by atoms with Gasteiger partial charge in [0.15, 0.2) is 0 Å². The number of carbonyl (C=O) groups excluding carboxylic acids is 1. The lowest BCUT2D eigenvalue weighted by atomic mass is 9.84. The molecule has 0 heterocycles. The van der Waals surface area contributed by atoms with E-state index in [9.17, 15) is 9.90 Å². The van der Waals surface area contributed by atoms with Crippen LogP contribution in [-0.4, -0.2) is 17.7 Å². The maximum absolute atomic E-state index is 11.9. The van der Waals surface area contributed by atoms with Gasteiger partial charge in [0, 0.05) is 10.9 Å². The average molecular weight is 363 g/mol. The van der Waals surface area contributed by atoms with Crippen molar-refractivity contribution in [2.45, 2.75) is 25.4 Å². The van der Waals surface area contributed by atoms with E-state index in [-0.39, 0.29) is 6.42 Å². The van der Waals surface area contributed by atoms with E-state index in [0.717, 1.165) is 10.0 Å². The van der Waals surface area contributed by atoms with Gasteiger partial charge in [0.1, 0.15) is 5.60 Å². The molecule has 0 aliphatic carbocycles. The summed E-state index contributed by atoms with van der Waals surface area (Å²) in [6.07, 6.45) is 0.283. The predicted molar refractivity (Wildman–Crippen MR) is 89.4 cm³/mol. The van der Waals surface area contributed by atoms with Crippen molar-refractivity contribution in [1.82, 2.24) is 0 Å². The van der Waals surface area contributed by atoms with Gasteiger partial charge in [-0.25, -0.2) is 0 Å². The van der Waals surface area contributed by atoms with Crippen molar-refractivity contribution >= 4 is 21.9 Å². The standard InChI is InChI=1S/C18H19BrO3/c1-2-22-17(20)13-18(21,12-14-6-4-3-5-7-14)15-8-10-16(19)11-9-15/h3-11,21H,2,12-13H2,1H3. The Hall–Kier alpha value is -1.65. The van der Waals surface area contributed by atoms with Crippen molar-refractivity contribution in [3.8, 4) is 0 Å². The molecule has 0 amide bonds. The Morgan fingerprint density at radius 1 is 1.14 bits per heavy atom. The topological polar surface area (TPSA) is 46.5 Å². The summed E-state index contributed by atoms with van der Waals surface area (Å²) in [4.78, 5) is 11.9. The molecule has 1 N–H and O–H groups in total. The zero-order chi connectivity index (χ0) is 16.0. The van der Waals surface area contributed by atoms with E-state index in [1.54, 1.807) is 6.92 Å². The molecule has 2 aromatic carbocycles. The lowest BCUT2D eigenvalue weighted by molar-refractivity contribution is -0.149. The van der Waals surface area contributed by atoms with Crippen molar-refractivity contribution in [2.75, 3.05) is 6.61 Å². The zero-order valence-corrected chi connectivity index (χ0v) is 14.0. The first kappa shape index (κ1) is 16.7. The van der Waals surface area contributed by atoms with Crippen LogP contribution in [0.2, 0.25) is 0 Å². The highest BCUT2D eigenvalue weighted by atomic mass is 79.9. The molecule has 2 aromatic rings. The van der Waals surface area contributed by atoms with Crippen LogP contribution in [0.4, 0.5) is 0 Å². The van der Waals surface area contributed by atoms with Gasteiger partial charge < -0.3 is 9.84 Å². The van der Waals surface area contributed by atoms with E-state index >= 15 is 0 Å². The second-order valence-electron chi connectivity index (χ2n) is 5.18. The van der Waals surface area contributed by atoms with Gasteiger partial charge in [-0.1, -0.05) is 58.4 Å². The quantitative estimate of drug-likeness (QED) is 0.794. The van der Waals surface area contributed by atoms with Crippen LogP contribution in [0.5, 0.6) is 0 Å². The first-order valence-electron chi connectivity index (χ1n) is 7.21. The molecule has 0 radical (unpaired) electrons. The van der Waals surface area contributed by atoms with Gasteiger partial charge in [-0.05, 0) is 30.2 Å². The number of benzene rings is 2. The molecule has 1 unspecified atom stereocenters. The van der Waals surface area contributed by atoms with Crippen LogP contribution >= 0.6 is 15.9 Å². The van der Waals surface area contributed by atoms with Crippen LogP contribution in [-0.2, 0) is 21.6 Å². The molecule has 0 aromatic heterocycles. The summed E-state index contributed by atoms with van der Waals surface area (Å²) < 4.78 is 5.94. The lowest BCUT2D eigenvalue weighted by Gasteiger charge is -2.28. The minimum atomic E-state index is -1.28. The Bertz CT molecular complexity index is 610. The van der Waals surface area contributed by atoms with E-state index in [1.807, 2.05) is 54.6 Å². The first-order valence-corrected chi connectivity index (χ1v) is 8.01. The highest BCUT2D eigenvalue weighted by molar-refractivity contribution is 9.10. The summed E-state index contributed by atoms with van der Waals surface area (Å²) in [6, 6.07) is 17.0. The maximum atomic E-state index is 11.9. The first-order chi connectivity index (χ1) is 10.5. The van der Waals surface area contributed by atoms with Gasteiger partial charge in [0.05, 0.1) is 13.0 Å². The van der Waals surface area contributed by atoms with Crippen molar-refractivity contribution in [1.29, 1.82) is 0 Å². The normalized spacial score (nSPS) is 13.4. The molecular formula is C18H19BrO3. The van der Waals surface area contributed by atoms with Crippen molar-refractivity contribution in [3.05, 3.63) is 70.2 Å². The molecule has 0 saturated carbocycles. The van der Waals surface area contributed by atoms with Crippen LogP contribution in [0.15, 0.2) is 59.1 Å². The molecule has 1 atom stereocenters. The minimum absolute atomic E-state index is 0.0721. The van der Waals surface area contributed by atoms with E-state index in [0.29, 0.717) is 18.6 Å². The van der Waals surface area contributed by atoms with Crippen LogP contribution in [0.1, 0.15) is 24.5 Å². The number of carbonyl (C=O) groups is 1. The average Bonchev–Trinajstić information content (AvgIpc) is 2.48. The van der Waals surface area contributed by atoms with E-state index in [2.05, 4.69) is 15.9 Å². The molecule has 4 heteroatoms. The summed E-state index contributed by atoms with van der Waals surface area (Å²) in [5.74, 6) is -0.399. The highest BCUT2D eigenvalue weighted by Gasteiger charge is 2.33. The molecule has 3 nitrogen and oxygen atoms in total. The van der Waals surface area contributed by atoms with E-state index < -0.39 is 11.6 Å². The molecule has 2 rings (SSSR count). The molecular weight excluding hydrogens is 344 g/mol. The van der Waals surface area contributed by atoms with Crippen LogP contribution in [0, 0.1) is 0 Å². The molecule has 0 aliphatic rings. The van der Waals surface area contributed by atoms with Gasteiger partial charge in [0.25, 0.3) is 0 Å². The molecule has 0 bridgehead atoms. The zero-order valence-electron chi connectivity index (χ0n) is 12.5. The number of aliphatic hydroxyl groups is 1. The number of halogens is 1. The van der Waals surface area contributed by atoms with E-state index in [1.165, 1.54) is 0 Å². The van der Waals surface area contributed by atoms with Gasteiger partial charge >= 0.3 is 5.97 Å². The Morgan fingerprint density at radius 2 is 1.77 bits per heavy atom. The number of esters is 1. The van der Waals surface area contributed by atoms with Crippen LogP contribution in [0.3, 0.4) is 0 Å². The van der Waals surface area contributed by atoms with E-state index in [4.69, 9.17) is 4.74 Å². The summed E-state index contributed by atoms with van der Waals surface area (Å²) in [5.41, 5.74) is 0.388. The largest absolute Gasteiger partial charge is 0.466 e. The molecule has 0 aliphatic heterocycles. The van der Waals surface area contributed by atoms with Gasteiger partial charge in [-0.15, -0.1) is 0 Å². The van der Waals surface area contributed by atoms with Gasteiger partial charge in [0.2, 0.25) is 0 Å². The second-order valence-corrected chi connectivity index (χ2v) is 6.10. The number of ether oxygens (including phenoxy) is 1. The molecule has 0 fully saturated rings. The number of hydrogen-bond acceptors (Lipinski definition) is 3. The van der Waals surface area contributed by atoms with Crippen molar-refractivity contribution in [2.24, 2.45) is 0 Å². The second kappa shape index (κ2) is 7.56. The monoisotopic (exact) mass is 362 g/mol. The third-order valence-corrected chi connectivity index (χ3v) is 3.99. The fraction of sp³-hybridized carbons (Fsp3) is 0.278. The summed E-state index contributed by atoms with van der Waals surface area (Å²) >= 11 is 3.38.